The van der Waals surface area contributed by atoms with E-state index < -0.39 is 0 Å². The van der Waals surface area contributed by atoms with Crippen molar-refractivity contribution in [2.45, 2.75) is 0 Å². The first-order chi connectivity index (χ1) is 19.1. The minimum atomic E-state index is -0.207. The number of nitrogens with zero attached hydrogens (tertiary/aromatic N) is 4. The molecule has 0 radical (unpaired) electrons. The Kier molecular flexibility index (Phi) is 6.65. The number of carbonyl (C=O) groups excluding carboxylic acids is 1. The number of hydrogen-bond acceptors (Lipinski definition) is 4. The first-order valence-corrected chi connectivity index (χ1v) is 13.2. The van der Waals surface area contributed by atoms with E-state index in [9.17, 15) is 4.79 Å². The molecule has 0 bridgehead atoms. The van der Waals surface area contributed by atoms with E-state index in [0.717, 1.165) is 38.3 Å². The van der Waals surface area contributed by atoms with Crippen LogP contribution in [0.5, 0.6) is 5.75 Å². The standard InChI is InChI=1S/C32H23BrN4O2/c1-39-28-18-14-23(15-19-28)31-29(32(38)37(35-31)27-10-6-3-7-11-27)20-24-21-36(26-8-4-2-5-9-26)34-30(24)22-12-16-25(33)17-13-22/h2-21H,1H3. The highest BCUT2D eigenvalue weighted by Gasteiger charge is 2.32. The largest absolute Gasteiger partial charge is 0.497 e. The molecule has 0 fully saturated rings. The van der Waals surface area contributed by atoms with Gasteiger partial charge in [0, 0.05) is 27.4 Å². The van der Waals surface area contributed by atoms with Crippen LogP contribution in [0.4, 0.5) is 5.69 Å². The Morgan fingerprint density at radius 2 is 1.38 bits per heavy atom. The van der Waals surface area contributed by atoms with E-state index in [4.69, 9.17) is 14.9 Å². The lowest BCUT2D eigenvalue weighted by molar-refractivity contribution is -0.114. The van der Waals surface area contributed by atoms with E-state index >= 15 is 0 Å². The van der Waals surface area contributed by atoms with Crippen LogP contribution in [0, 0.1) is 0 Å². The molecule has 0 aliphatic carbocycles. The highest BCUT2D eigenvalue weighted by atomic mass is 79.9. The monoisotopic (exact) mass is 574 g/mol. The van der Waals surface area contributed by atoms with Gasteiger partial charge in [0.2, 0.25) is 0 Å². The van der Waals surface area contributed by atoms with Gasteiger partial charge in [-0.1, -0.05) is 64.5 Å². The summed E-state index contributed by atoms with van der Waals surface area (Å²) in [5, 5.41) is 11.2. The van der Waals surface area contributed by atoms with E-state index in [1.54, 1.807) is 7.11 Å². The van der Waals surface area contributed by atoms with Gasteiger partial charge in [-0.25, -0.2) is 4.68 Å². The summed E-state index contributed by atoms with van der Waals surface area (Å²) < 4.78 is 8.15. The summed E-state index contributed by atoms with van der Waals surface area (Å²) >= 11 is 3.52. The van der Waals surface area contributed by atoms with Crippen LogP contribution in [-0.2, 0) is 4.79 Å². The first-order valence-electron chi connectivity index (χ1n) is 12.4. The highest BCUT2D eigenvalue weighted by Crippen LogP contribution is 2.32. The van der Waals surface area contributed by atoms with Crippen LogP contribution in [0.2, 0.25) is 0 Å². The molecule has 190 valence electrons. The number of benzene rings is 4. The lowest BCUT2D eigenvalue weighted by Crippen LogP contribution is -2.21. The third-order valence-corrected chi connectivity index (χ3v) is 6.95. The Labute approximate surface area is 234 Å². The molecule has 1 aliphatic heterocycles. The minimum absolute atomic E-state index is 0.207. The van der Waals surface area contributed by atoms with Crippen LogP contribution in [0.25, 0.3) is 23.0 Å². The number of aromatic nitrogens is 2. The fourth-order valence-electron chi connectivity index (χ4n) is 4.44. The van der Waals surface area contributed by atoms with Crippen LogP contribution in [-0.4, -0.2) is 28.5 Å². The SMILES string of the molecule is COc1ccc(C2=NN(c3ccccc3)C(=O)C2=Cc2cn(-c3ccccc3)nc2-c2ccc(Br)cc2)cc1. The lowest BCUT2D eigenvalue weighted by Gasteiger charge is -2.10. The van der Waals surface area contributed by atoms with Crippen molar-refractivity contribution in [2.75, 3.05) is 12.1 Å². The summed E-state index contributed by atoms with van der Waals surface area (Å²) in [6.45, 7) is 0. The van der Waals surface area contributed by atoms with Crippen LogP contribution in [0.3, 0.4) is 0 Å². The molecule has 0 unspecified atom stereocenters. The van der Waals surface area contributed by atoms with Crippen molar-refractivity contribution in [1.82, 2.24) is 9.78 Å². The Balaban J connectivity index is 1.51. The molecule has 6 nitrogen and oxygen atoms in total. The van der Waals surface area contributed by atoms with Gasteiger partial charge in [-0.15, -0.1) is 0 Å². The van der Waals surface area contributed by atoms with Crippen LogP contribution in [0.15, 0.2) is 131 Å². The summed E-state index contributed by atoms with van der Waals surface area (Å²) in [7, 11) is 1.63. The van der Waals surface area contributed by atoms with Crippen LogP contribution in [0.1, 0.15) is 11.1 Å². The maximum atomic E-state index is 13.9. The quantitative estimate of drug-likeness (QED) is 0.202. The molecule has 0 atom stereocenters. The zero-order chi connectivity index (χ0) is 26.8. The molecular formula is C32H23BrN4O2. The zero-order valence-electron chi connectivity index (χ0n) is 21.0. The van der Waals surface area contributed by atoms with Crippen molar-refractivity contribution in [2.24, 2.45) is 5.10 Å². The summed E-state index contributed by atoms with van der Waals surface area (Å²) in [5.74, 6) is 0.525. The molecule has 0 saturated heterocycles. The average Bonchev–Trinajstić information content (AvgIpc) is 3.56. The number of amides is 1. The van der Waals surface area contributed by atoms with Gasteiger partial charge in [0.05, 0.1) is 29.8 Å². The third kappa shape index (κ3) is 4.92. The highest BCUT2D eigenvalue weighted by molar-refractivity contribution is 9.10. The van der Waals surface area contributed by atoms with Crippen molar-refractivity contribution in [3.05, 3.63) is 137 Å². The third-order valence-electron chi connectivity index (χ3n) is 6.42. The Hall–Kier alpha value is -4.75. The fraction of sp³-hybridized carbons (Fsp3) is 0.0312. The van der Waals surface area contributed by atoms with Gasteiger partial charge in [-0.2, -0.15) is 15.2 Å². The fourth-order valence-corrected chi connectivity index (χ4v) is 4.71. The number of rotatable bonds is 6. The van der Waals surface area contributed by atoms with Gasteiger partial charge in [-0.3, -0.25) is 4.79 Å². The second-order valence-corrected chi connectivity index (χ2v) is 9.82. The summed E-state index contributed by atoms with van der Waals surface area (Å²) in [5.41, 5.74) is 6.01. The van der Waals surface area contributed by atoms with Gasteiger partial charge in [0.1, 0.15) is 11.5 Å². The number of para-hydroxylation sites is 2. The predicted molar refractivity (Wildman–Crippen MR) is 158 cm³/mol. The normalized spacial score (nSPS) is 14.1. The first kappa shape index (κ1) is 24.6. The van der Waals surface area contributed by atoms with E-state index in [2.05, 4.69) is 15.9 Å². The molecule has 1 amide bonds. The molecule has 4 aromatic carbocycles. The lowest BCUT2D eigenvalue weighted by atomic mass is 9.99. The molecule has 0 N–H and O–H groups in total. The molecule has 2 heterocycles. The van der Waals surface area contributed by atoms with Crippen molar-refractivity contribution in [3.8, 4) is 22.7 Å². The number of anilines is 1. The van der Waals surface area contributed by atoms with Gasteiger partial charge < -0.3 is 4.74 Å². The number of hydrogen-bond donors (Lipinski definition) is 0. The topological polar surface area (TPSA) is 59.7 Å². The molecular weight excluding hydrogens is 552 g/mol. The van der Waals surface area contributed by atoms with Gasteiger partial charge in [0.25, 0.3) is 5.91 Å². The van der Waals surface area contributed by atoms with E-state index in [1.165, 1.54) is 5.01 Å². The van der Waals surface area contributed by atoms with Crippen LogP contribution < -0.4 is 9.75 Å². The van der Waals surface area contributed by atoms with Gasteiger partial charge in [0.15, 0.2) is 0 Å². The van der Waals surface area contributed by atoms with Crippen molar-refractivity contribution in [1.29, 1.82) is 0 Å². The molecule has 7 heteroatoms. The van der Waals surface area contributed by atoms with E-state index in [1.807, 2.05) is 126 Å². The smallest absolute Gasteiger partial charge is 0.281 e. The number of halogens is 1. The molecule has 6 rings (SSSR count). The Bertz CT molecular complexity index is 1690. The summed E-state index contributed by atoms with van der Waals surface area (Å²) in [6.07, 6.45) is 3.84. The summed E-state index contributed by atoms with van der Waals surface area (Å²) in [6, 6.07) is 34.9. The van der Waals surface area contributed by atoms with E-state index in [-0.39, 0.29) is 5.91 Å². The zero-order valence-corrected chi connectivity index (χ0v) is 22.6. The molecule has 1 aromatic heterocycles. The second-order valence-electron chi connectivity index (χ2n) is 8.91. The van der Waals surface area contributed by atoms with Gasteiger partial charge in [-0.05, 0) is 66.7 Å². The van der Waals surface area contributed by atoms with E-state index in [0.29, 0.717) is 17.0 Å². The number of carbonyl (C=O) groups is 1. The van der Waals surface area contributed by atoms with Crippen molar-refractivity contribution in [3.63, 3.8) is 0 Å². The molecule has 1 aliphatic rings. The maximum Gasteiger partial charge on any atom is 0.281 e. The molecule has 39 heavy (non-hydrogen) atoms. The van der Waals surface area contributed by atoms with Gasteiger partial charge >= 0.3 is 0 Å². The van der Waals surface area contributed by atoms with Crippen molar-refractivity contribution >= 4 is 39.3 Å². The number of hydrazone groups is 1. The summed E-state index contributed by atoms with van der Waals surface area (Å²) in [4.78, 5) is 13.9. The number of ether oxygens (including phenoxy) is 1. The second kappa shape index (κ2) is 10.6. The predicted octanol–water partition coefficient (Wildman–Crippen LogP) is 7.14. The minimum Gasteiger partial charge on any atom is -0.497 e. The molecule has 0 spiro atoms. The Morgan fingerprint density at radius 3 is 2.03 bits per heavy atom. The van der Waals surface area contributed by atoms with Crippen LogP contribution >= 0.6 is 15.9 Å². The number of methoxy groups -OCH3 is 1. The maximum absolute atomic E-state index is 13.9. The molecule has 5 aromatic rings. The molecule has 0 saturated carbocycles. The average molecular weight is 575 g/mol. The Morgan fingerprint density at radius 1 is 0.769 bits per heavy atom. The van der Waals surface area contributed by atoms with Crippen molar-refractivity contribution < 1.29 is 9.53 Å².